The number of nitrogens with one attached hydrogen (secondary N) is 2. The van der Waals surface area contributed by atoms with Gasteiger partial charge in [0.25, 0.3) is 0 Å². The van der Waals surface area contributed by atoms with E-state index in [0.717, 1.165) is 4.90 Å². The molecule has 2 aromatic carbocycles. The minimum Gasteiger partial charge on any atom is -0.325 e. The number of hydrogen-bond acceptors (Lipinski definition) is 4. The minimum atomic E-state index is -4.45. The molecule has 3 rings (SSSR count). The Balaban J connectivity index is 1.68. The van der Waals surface area contributed by atoms with Crippen LogP contribution in [0, 0.1) is 0 Å². The third-order valence-corrected chi connectivity index (χ3v) is 5.55. The monoisotopic (exact) mass is 398 g/mol. The molecule has 0 saturated carbocycles. The second kappa shape index (κ2) is 7.63. The molecule has 26 heavy (non-hydrogen) atoms. The van der Waals surface area contributed by atoms with E-state index in [0.29, 0.717) is 5.69 Å². The maximum Gasteiger partial charge on any atom is 0.446 e. The van der Waals surface area contributed by atoms with E-state index in [1.807, 2.05) is 12.1 Å². The molecule has 1 aliphatic heterocycles. The summed E-state index contributed by atoms with van der Waals surface area (Å²) in [5.74, 6) is -0.825. The third kappa shape index (κ3) is 4.73. The lowest BCUT2D eigenvalue weighted by atomic mass is 10.2. The Hall–Kier alpha value is -2.13. The van der Waals surface area contributed by atoms with Crippen molar-refractivity contribution in [3.8, 4) is 0 Å². The summed E-state index contributed by atoms with van der Waals surface area (Å²) in [6.07, 6.45) is -0.143. The molecule has 1 heterocycles. The number of carbonyl (C=O) groups is 2. The SMILES string of the molecule is O=C(C[C@H]1Sc2ccccc2NC1=O)Nc1ccccc1SC(F)(F)F. The Morgan fingerprint density at radius 2 is 1.85 bits per heavy atom. The summed E-state index contributed by atoms with van der Waals surface area (Å²) in [6, 6.07) is 12.9. The van der Waals surface area contributed by atoms with E-state index in [1.54, 1.807) is 12.1 Å². The van der Waals surface area contributed by atoms with Crippen molar-refractivity contribution in [3.63, 3.8) is 0 Å². The fraction of sp³-hybridized carbons (Fsp3) is 0.176. The van der Waals surface area contributed by atoms with Crippen LogP contribution in [0.2, 0.25) is 0 Å². The van der Waals surface area contributed by atoms with Gasteiger partial charge in [0.15, 0.2) is 0 Å². The largest absolute Gasteiger partial charge is 0.446 e. The predicted molar refractivity (Wildman–Crippen MR) is 96.3 cm³/mol. The smallest absolute Gasteiger partial charge is 0.325 e. The number of fused-ring (bicyclic) bond motifs is 1. The van der Waals surface area contributed by atoms with Crippen LogP contribution in [0.1, 0.15) is 6.42 Å². The zero-order chi connectivity index (χ0) is 18.7. The van der Waals surface area contributed by atoms with Crippen LogP contribution >= 0.6 is 23.5 Å². The van der Waals surface area contributed by atoms with E-state index in [2.05, 4.69) is 10.6 Å². The van der Waals surface area contributed by atoms with Gasteiger partial charge in [0, 0.05) is 16.2 Å². The second-order valence-electron chi connectivity index (χ2n) is 5.39. The van der Waals surface area contributed by atoms with Crippen molar-refractivity contribution in [2.75, 3.05) is 10.6 Å². The van der Waals surface area contributed by atoms with Gasteiger partial charge < -0.3 is 10.6 Å². The molecule has 0 aromatic heterocycles. The van der Waals surface area contributed by atoms with Crippen molar-refractivity contribution >= 4 is 46.7 Å². The van der Waals surface area contributed by atoms with Gasteiger partial charge in [-0.2, -0.15) is 13.2 Å². The quantitative estimate of drug-likeness (QED) is 0.731. The number of para-hydroxylation sites is 2. The van der Waals surface area contributed by atoms with Crippen LogP contribution in [-0.4, -0.2) is 22.6 Å². The highest BCUT2D eigenvalue weighted by Gasteiger charge is 2.31. The van der Waals surface area contributed by atoms with Gasteiger partial charge >= 0.3 is 5.51 Å². The van der Waals surface area contributed by atoms with Crippen LogP contribution < -0.4 is 10.6 Å². The van der Waals surface area contributed by atoms with Crippen molar-refractivity contribution in [2.45, 2.75) is 27.0 Å². The Labute approximate surface area is 155 Å². The summed E-state index contributed by atoms with van der Waals surface area (Å²) in [7, 11) is 0. The highest BCUT2D eigenvalue weighted by Crippen LogP contribution is 2.41. The maximum atomic E-state index is 12.6. The summed E-state index contributed by atoms with van der Waals surface area (Å²) in [4.78, 5) is 25.1. The summed E-state index contributed by atoms with van der Waals surface area (Å²) < 4.78 is 37.9. The number of carbonyl (C=O) groups excluding carboxylic acids is 2. The molecule has 9 heteroatoms. The molecule has 4 nitrogen and oxygen atoms in total. The lowest BCUT2D eigenvalue weighted by Gasteiger charge is -2.23. The fourth-order valence-electron chi connectivity index (χ4n) is 2.38. The number of alkyl halides is 3. The van der Waals surface area contributed by atoms with Crippen LogP contribution in [0.15, 0.2) is 58.3 Å². The van der Waals surface area contributed by atoms with Crippen molar-refractivity contribution in [2.24, 2.45) is 0 Å². The molecule has 0 fully saturated rings. The summed E-state index contributed by atoms with van der Waals surface area (Å²) in [5, 5.41) is 4.55. The molecule has 2 aromatic rings. The highest BCUT2D eigenvalue weighted by atomic mass is 32.2. The fourth-order valence-corrected chi connectivity index (χ4v) is 4.12. The van der Waals surface area contributed by atoms with Gasteiger partial charge in [-0.1, -0.05) is 24.3 Å². The zero-order valence-corrected chi connectivity index (χ0v) is 14.8. The number of rotatable bonds is 4. The lowest BCUT2D eigenvalue weighted by molar-refractivity contribution is -0.120. The average Bonchev–Trinajstić information content (AvgIpc) is 2.56. The minimum absolute atomic E-state index is 0.0708. The number of benzene rings is 2. The molecule has 2 amide bonds. The van der Waals surface area contributed by atoms with Gasteiger partial charge in [0.05, 0.1) is 16.6 Å². The molecule has 0 bridgehead atoms. The molecule has 0 radical (unpaired) electrons. The molecule has 0 unspecified atom stereocenters. The van der Waals surface area contributed by atoms with Crippen LogP contribution in [0.4, 0.5) is 24.5 Å². The Morgan fingerprint density at radius 1 is 1.15 bits per heavy atom. The van der Waals surface area contributed by atoms with E-state index in [9.17, 15) is 22.8 Å². The van der Waals surface area contributed by atoms with Crippen molar-refractivity contribution in [3.05, 3.63) is 48.5 Å². The molecule has 136 valence electrons. The van der Waals surface area contributed by atoms with Gasteiger partial charge in [-0.15, -0.1) is 11.8 Å². The van der Waals surface area contributed by atoms with Gasteiger partial charge in [-0.05, 0) is 36.0 Å². The topological polar surface area (TPSA) is 58.2 Å². The Kier molecular flexibility index (Phi) is 5.47. The first kappa shape index (κ1) is 18.7. The van der Waals surface area contributed by atoms with E-state index >= 15 is 0 Å². The van der Waals surface area contributed by atoms with Crippen molar-refractivity contribution < 1.29 is 22.8 Å². The Bertz CT molecular complexity index is 843. The van der Waals surface area contributed by atoms with Crippen LogP contribution in [0.25, 0.3) is 0 Å². The van der Waals surface area contributed by atoms with E-state index < -0.39 is 16.7 Å². The van der Waals surface area contributed by atoms with Gasteiger partial charge in [0.1, 0.15) is 0 Å². The Morgan fingerprint density at radius 3 is 2.62 bits per heavy atom. The summed E-state index contributed by atoms with van der Waals surface area (Å²) in [5.41, 5.74) is -3.70. The molecular formula is C17H13F3N2O2S2. The molecule has 1 aliphatic rings. The van der Waals surface area contributed by atoms with E-state index in [1.165, 1.54) is 36.0 Å². The standard InChI is InChI=1S/C17H13F3N2O2S2/c18-17(19,20)26-13-8-4-2-6-11(13)21-15(23)9-14-16(24)22-10-5-1-3-7-12(10)25-14/h1-8,14H,9H2,(H,21,23)(H,22,24)/t14-/m1/s1. The number of amides is 2. The average molecular weight is 398 g/mol. The first-order valence-electron chi connectivity index (χ1n) is 7.53. The number of anilines is 2. The first-order chi connectivity index (χ1) is 12.3. The van der Waals surface area contributed by atoms with Gasteiger partial charge in [-0.25, -0.2) is 0 Å². The van der Waals surface area contributed by atoms with E-state index in [-0.39, 0.29) is 34.7 Å². The second-order valence-corrected chi connectivity index (χ2v) is 7.74. The van der Waals surface area contributed by atoms with Crippen molar-refractivity contribution in [1.82, 2.24) is 0 Å². The molecule has 0 saturated heterocycles. The summed E-state index contributed by atoms with van der Waals surface area (Å²) >= 11 is 0.968. The molecule has 0 aliphatic carbocycles. The molecule has 0 spiro atoms. The molecule has 1 atom stereocenters. The normalized spacial score (nSPS) is 16.6. The van der Waals surface area contributed by atoms with Gasteiger partial charge in [0.2, 0.25) is 11.8 Å². The van der Waals surface area contributed by atoms with Crippen LogP contribution in [0.3, 0.4) is 0 Å². The highest BCUT2D eigenvalue weighted by molar-refractivity contribution is 8.01. The lowest BCUT2D eigenvalue weighted by Crippen LogP contribution is -2.32. The van der Waals surface area contributed by atoms with Crippen molar-refractivity contribution in [1.29, 1.82) is 0 Å². The van der Waals surface area contributed by atoms with Gasteiger partial charge in [-0.3, -0.25) is 9.59 Å². The first-order valence-corrected chi connectivity index (χ1v) is 9.22. The molecular weight excluding hydrogens is 385 g/mol. The number of thioether (sulfide) groups is 2. The maximum absolute atomic E-state index is 12.6. The van der Waals surface area contributed by atoms with E-state index in [4.69, 9.17) is 0 Å². The summed E-state index contributed by atoms with van der Waals surface area (Å²) in [6.45, 7) is 0. The third-order valence-electron chi connectivity index (χ3n) is 3.46. The molecule has 2 N–H and O–H groups in total. The predicted octanol–water partition coefficient (Wildman–Crippen LogP) is 4.74. The number of hydrogen-bond donors (Lipinski definition) is 2. The number of halogens is 3. The zero-order valence-electron chi connectivity index (χ0n) is 13.2. The van der Waals surface area contributed by atoms with Crippen LogP contribution in [-0.2, 0) is 9.59 Å². The van der Waals surface area contributed by atoms with Crippen LogP contribution in [0.5, 0.6) is 0 Å².